The van der Waals surface area contributed by atoms with E-state index in [4.69, 9.17) is 80.2 Å². The van der Waals surface area contributed by atoms with E-state index in [1.165, 1.54) is 18.2 Å². The third-order valence-corrected chi connectivity index (χ3v) is 15.4. The molecule has 1 aliphatic heterocycles. The van der Waals surface area contributed by atoms with E-state index in [0.717, 1.165) is 71.6 Å². The number of carbonyl (C=O) groups is 6. The van der Waals surface area contributed by atoms with Crippen LogP contribution in [0.1, 0.15) is 74.0 Å². The van der Waals surface area contributed by atoms with E-state index in [1.54, 1.807) is 23.8 Å². The molecule has 2 atom stereocenters. The number of hydrogen-bond acceptors (Lipinski definition) is 18. The molecule has 25 nitrogen and oxygen atoms in total. The zero-order chi connectivity index (χ0) is 69.6. The van der Waals surface area contributed by atoms with Gasteiger partial charge in [0.05, 0.1) is 80.4 Å². The number of benzene rings is 5. The lowest BCUT2D eigenvalue weighted by Gasteiger charge is -2.35. The molecule has 502 valence electrons. The molecular formula is C58H65Cl4F3N5O20PS. The number of nitro groups is 2. The summed E-state index contributed by atoms with van der Waals surface area (Å²) in [6.45, 7) is 10.3. The number of amides is 2. The van der Waals surface area contributed by atoms with Crippen molar-refractivity contribution in [3.8, 4) is 23.0 Å². The topological polar surface area (TPSA) is 356 Å². The number of para-hydroxylation sites is 3. The smallest absolute Gasteiger partial charge is 0.416 e. The minimum absolute atomic E-state index is 0.0111. The molecule has 0 spiro atoms. The van der Waals surface area contributed by atoms with Gasteiger partial charge in [0.2, 0.25) is 11.7 Å². The molecule has 2 amide bonds. The normalized spacial score (nSPS) is 14.1. The maximum Gasteiger partial charge on any atom is 0.416 e. The van der Waals surface area contributed by atoms with E-state index < -0.39 is 97.2 Å². The number of fused-ring (bicyclic) bond motifs is 1. The number of carboxylic acid groups (broad SMARTS) is 1. The van der Waals surface area contributed by atoms with Gasteiger partial charge in [-0.2, -0.15) is 13.2 Å². The number of Topliss-reactive ketones (excluding diaryl/α,β-unsaturated/α-hetero) is 3. The first kappa shape index (κ1) is 78.9. The summed E-state index contributed by atoms with van der Waals surface area (Å²) in [5, 5.41) is 31.9. The van der Waals surface area contributed by atoms with Crippen LogP contribution < -0.4 is 29.3 Å². The quantitative estimate of drug-likeness (QED) is 0.0140. The molecule has 2 unspecified atom stereocenters. The van der Waals surface area contributed by atoms with Gasteiger partial charge in [0, 0.05) is 44.4 Å². The number of aliphatic carboxylic acids is 1. The van der Waals surface area contributed by atoms with Gasteiger partial charge in [-0.25, -0.2) is 8.42 Å². The monoisotopic (exact) mass is 1410 g/mol. The largest absolute Gasteiger partial charge is 0.489 e. The molecule has 4 N–H and O–H groups in total. The van der Waals surface area contributed by atoms with Gasteiger partial charge < -0.3 is 43.6 Å². The molecule has 1 heterocycles. The lowest BCUT2D eigenvalue weighted by atomic mass is 9.81. The van der Waals surface area contributed by atoms with Gasteiger partial charge in [-0.15, -0.1) is 11.6 Å². The summed E-state index contributed by atoms with van der Waals surface area (Å²) in [5.74, 6) is -4.38. The van der Waals surface area contributed by atoms with Crippen molar-refractivity contribution in [3.63, 3.8) is 0 Å². The summed E-state index contributed by atoms with van der Waals surface area (Å²) < 4.78 is 92.1. The predicted octanol–water partition coefficient (Wildman–Crippen LogP) is 11.1. The van der Waals surface area contributed by atoms with Crippen LogP contribution in [0.15, 0.2) is 102 Å². The van der Waals surface area contributed by atoms with Crippen LogP contribution in [0.25, 0.3) is 0 Å². The maximum absolute atomic E-state index is 12.6. The van der Waals surface area contributed by atoms with Crippen LogP contribution in [0.5, 0.6) is 23.0 Å². The van der Waals surface area contributed by atoms with Gasteiger partial charge in [0.25, 0.3) is 11.6 Å². The Labute approximate surface area is 546 Å². The highest BCUT2D eigenvalue weighted by Crippen LogP contribution is 2.40. The Morgan fingerprint density at radius 2 is 1.54 bits per heavy atom. The Bertz CT molecular complexity index is 3620. The standard InChI is InChI=1S/C15H11ClF3NO4.C15H22ClNO2.C14H13NO7S.C11H11Cl2NO2.C3H8NO5P/c1-2-23-14-8-10(4-5-12(14)20(21)22)24-13-6-3-9(7-11(13)16)15(17,18)19;1-5-13-8-6-7-11(2)15(13)17(14(18)9-16)12(3)10-19-4;1-23(21,22)8-5-6-9(10(7-8)15(19)20)14(18)13-11(16)3-2-4-12(13)17;1-7-6-16-9-5-3-2-4-8(9)14(7)11(15)10(12)13;5-3(6)1-4-2-10(7,8)9/h3-8H,2H2,1H3;6-8,12H,5,9-10H2,1-4H3;5-7,13H,2-4H2,1H3;2-5,7,10H,6H2,1H3;4H,1-2H2,(H,5,6)(H2,7,8,9). The molecule has 1 saturated carbocycles. The minimum atomic E-state index is -4.52. The Hall–Kier alpha value is -7.31. The Kier molecular flexibility index (Phi) is 31.1. The third kappa shape index (κ3) is 23.7. The number of nitro benzene ring substituents is 2. The van der Waals surface area contributed by atoms with Crippen LogP contribution in [-0.4, -0.2) is 137 Å². The number of methoxy groups -OCH3 is 1. The number of anilines is 2. The van der Waals surface area contributed by atoms with E-state index in [0.29, 0.717) is 25.4 Å². The van der Waals surface area contributed by atoms with Crippen LogP contribution >= 0.6 is 54.0 Å². The number of sulfone groups is 1. The van der Waals surface area contributed by atoms with Crippen molar-refractivity contribution in [2.45, 2.75) is 88.3 Å². The third-order valence-electron chi connectivity index (χ3n) is 12.8. The van der Waals surface area contributed by atoms with E-state index in [2.05, 4.69) is 18.3 Å². The number of alkyl halides is 6. The second-order valence-electron chi connectivity index (χ2n) is 19.8. The van der Waals surface area contributed by atoms with Crippen LogP contribution in [-0.2, 0) is 55.7 Å². The molecule has 0 radical (unpaired) electrons. The van der Waals surface area contributed by atoms with E-state index in [1.807, 2.05) is 57.2 Å². The van der Waals surface area contributed by atoms with Crippen LogP contribution in [0.3, 0.4) is 0 Å². The minimum Gasteiger partial charge on any atom is -0.489 e. The highest BCUT2D eigenvalue weighted by molar-refractivity contribution is 7.90. The molecule has 0 aromatic heterocycles. The molecule has 0 bridgehead atoms. The van der Waals surface area contributed by atoms with E-state index >= 15 is 0 Å². The van der Waals surface area contributed by atoms with Crippen molar-refractivity contribution < 1.29 is 98.6 Å². The number of ketones is 3. The lowest BCUT2D eigenvalue weighted by molar-refractivity contribution is -0.385. The van der Waals surface area contributed by atoms with Crippen LogP contribution in [0.4, 0.5) is 35.9 Å². The fourth-order valence-electron chi connectivity index (χ4n) is 8.69. The van der Waals surface area contributed by atoms with Gasteiger partial charge >= 0.3 is 25.4 Å². The summed E-state index contributed by atoms with van der Waals surface area (Å²) in [6, 6.07) is 22.5. The number of carbonyl (C=O) groups excluding carboxylic acids is 5. The molecule has 1 aliphatic carbocycles. The average molecular weight is 1410 g/mol. The van der Waals surface area contributed by atoms with Gasteiger partial charge in [0.15, 0.2) is 32.0 Å². The molecule has 0 saturated heterocycles. The first-order valence-corrected chi connectivity index (χ1v) is 32.7. The molecule has 1 fully saturated rings. The van der Waals surface area contributed by atoms with Crippen molar-refractivity contribution in [1.82, 2.24) is 5.32 Å². The van der Waals surface area contributed by atoms with Crippen molar-refractivity contribution in [2.75, 3.05) is 61.7 Å². The number of hydrogen-bond donors (Lipinski definition) is 4. The van der Waals surface area contributed by atoms with Crippen molar-refractivity contribution in [2.24, 2.45) is 5.92 Å². The van der Waals surface area contributed by atoms with Crippen LogP contribution in [0.2, 0.25) is 5.02 Å². The highest BCUT2D eigenvalue weighted by atomic mass is 35.5. The van der Waals surface area contributed by atoms with Gasteiger partial charge in [-0.05, 0) is 100 Å². The van der Waals surface area contributed by atoms with Crippen molar-refractivity contribution in [3.05, 3.63) is 145 Å². The van der Waals surface area contributed by atoms with E-state index in [-0.39, 0.29) is 82.1 Å². The fraction of sp³-hybridized carbons (Fsp3) is 0.379. The summed E-state index contributed by atoms with van der Waals surface area (Å²) in [6.07, 6.45) is -2.87. The molecule has 5 aromatic carbocycles. The number of aryl methyl sites for hydroxylation is 2. The first-order valence-electron chi connectivity index (χ1n) is 27.2. The Morgan fingerprint density at radius 1 is 0.913 bits per heavy atom. The summed E-state index contributed by atoms with van der Waals surface area (Å²) in [4.78, 5) is 109. The fourth-order valence-corrected chi connectivity index (χ4v) is 10.3. The zero-order valence-corrected chi connectivity index (χ0v) is 54.9. The molecule has 2 aliphatic rings. The second kappa shape index (κ2) is 36.2. The zero-order valence-electron chi connectivity index (χ0n) is 50.2. The summed E-state index contributed by atoms with van der Waals surface area (Å²) in [5.41, 5.74) is 1.61. The number of nitrogens with one attached hydrogen (secondary N) is 1. The van der Waals surface area contributed by atoms with Crippen molar-refractivity contribution in [1.29, 1.82) is 0 Å². The molecule has 34 heteroatoms. The first-order chi connectivity index (χ1) is 42.9. The maximum atomic E-state index is 12.6. The number of halogens is 7. The number of nitrogens with zero attached hydrogens (tertiary/aromatic N) is 4. The summed E-state index contributed by atoms with van der Waals surface area (Å²) >= 11 is 22.8. The second-order valence-corrected chi connectivity index (χ2v) is 25.2. The number of ether oxygens (including phenoxy) is 4. The number of rotatable bonds is 20. The molecule has 92 heavy (non-hydrogen) atoms. The Morgan fingerprint density at radius 3 is 2.07 bits per heavy atom. The summed E-state index contributed by atoms with van der Waals surface area (Å²) in [7, 11) is -6.16. The predicted molar refractivity (Wildman–Crippen MR) is 336 cm³/mol. The molecular weight excluding hydrogens is 1350 g/mol. The highest BCUT2D eigenvalue weighted by Gasteiger charge is 2.40. The van der Waals surface area contributed by atoms with Gasteiger partial charge in [-0.1, -0.05) is 72.1 Å². The van der Waals surface area contributed by atoms with Crippen LogP contribution in [0, 0.1) is 33.1 Å². The lowest BCUT2D eigenvalue weighted by Crippen LogP contribution is -2.47. The molecule has 7 rings (SSSR count). The SMILES string of the molecule is CC1COc2ccccc2N1C(=O)C(Cl)Cl.CCOc1cc(Oc2ccc(C(F)(F)F)cc2Cl)ccc1[N+](=O)[O-].CCc1cccc(C)c1N(C(=O)CCl)C(C)COC.CS(=O)(=O)c1ccc(C(=O)C2C(=O)CCCC2=O)c([N+](=O)[O-])c1.O=C(O)CNCP(=O)(O)O. The Balaban J connectivity index is 0.000000308. The van der Waals surface area contributed by atoms with E-state index in [9.17, 15) is 75.1 Å². The van der Waals surface area contributed by atoms with Gasteiger partial charge in [-0.3, -0.25) is 58.9 Å². The average Bonchev–Trinajstić information content (AvgIpc) is 0.823. The van der Waals surface area contributed by atoms with Crippen molar-refractivity contribution >= 4 is 122 Å². The van der Waals surface area contributed by atoms with Gasteiger partial charge in [0.1, 0.15) is 35.7 Å². The molecule has 5 aromatic rings. The number of carboxylic acids is 1.